The summed E-state index contributed by atoms with van der Waals surface area (Å²) in [5.41, 5.74) is 2.04. The minimum absolute atomic E-state index is 0.215. The van der Waals surface area contributed by atoms with Crippen molar-refractivity contribution in [2.45, 2.75) is 37.9 Å². The van der Waals surface area contributed by atoms with Crippen LogP contribution in [-0.2, 0) is 6.54 Å². The minimum Gasteiger partial charge on any atom is -0.331 e. The molecule has 2 fully saturated rings. The van der Waals surface area contributed by atoms with Crippen LogP contribution in [0.3, 0.4) is 0 Å². The monoisotopic (exact) mass is 287 g/mol. The fraction of sp³-hybridized carbons (Fsp3) is 0.588. The predicted molar refractivity (Wildman–Crippen MR) is 84.3 cm³/mol. The van der Waals surface area contributed by atoms with E-state index in [2.05, 4.69) is 41.3 Å². The molecule has 1 aromatic carbocycles. The number of hydrogen-bond acceptors (Lipinski definition) is 3. The lowest BCUT2D eigenvalue weighted by Crippen LogP contribution is -2.42. The van der Waals surface area contributed by atoms with Crippen LogP contribution in [0.15, 0.2) is 24.3 Å². The van der Waals surface area contributed by atoms with Crippen LogP contribution < -0.4 is 5.32 Å². The molecule has 21 heavy (non-hydrogen) atoms. The van der Waals surface area contributed by atoms with E-state index in [1.165, 1.54) is 5.56 Å². The smallest absolute Gasteiger partial charge is 0.254 e. The molecule has 1 N–H and O–H groups in total. The highest BCUT2D eigenvalue weighted by molar-refractivity contribution is 5.95. The second-order valence-electron chi connectivity index (χ2n) is 6.53. The van der Waals surface area contributed by atoms with Crippen molar-refractivity contribution in [3.63, 3.8) is 0 Å². The summed E-state index contributed by atoms with van der Waals surface area (Å²) in [7, 11) is 4.10. The van der Waals surface area contributed by atoms with Crippen LogP contribution in [0.1, 0.15) is 35.2 Å². The third-order valence-corrected chi connectivity index (χ3v) is 4.56. The molecular formula is C17H25N3O. The first-order valence-electron chi connectivity index (χ1n) is 7.92. The summed E-state index contributed by atoms with van der Waals surface area (Å²) in [4.78, 5) is 17.2. The Balaban J connectivity index is 1.81. The predicted octanol–water partition coefficient (Wildman–Crippen LogP) is 1.71. The van der Waals surface area contributed by atoms with Gasteiger partial charge in [-0.25, -0.2) is 0 Å². The molecule has 2 aliphatic rings. The molecule has 2 aliphatic heterocycles. The molecule has 114 valence electrons. The van der Waals surface area contributed by atoms with Gasteiger partial charge in [0.25, 0.3) is 5.91 Å². The van der Waals surface area contributed by atoms with Gasteiger partial charge in [0.15, 0.2) is 0 Å². The zero-order valence-electron chi connectivity index (χ0n) is 13.0. The second-order valence-corrected chi connectivity index (χ2v) is 6.53. The van der Waals surface area contributed by atoms with Crippen LogP contribution in [-0.4, -0.2) is 55.0 Å². The van der Waals surface area contributed by atoms with Gasteiger partial charge in [-0.15, -0.1) is 0 Å². The first-order chi connectivity index (χ1) is 10.1. The molecule has 1 aromatic rings. The van der Waals surface area contributed by atoms with Crippen LogP contribution in [0.25, 0.3) is 0 Å². The van der Waals surface area contributed by atoms with Gasteiger partial charge in [0.1, 0.15) is 0 Å². The lowest BCUT2D eigenvalue weighted by Gasteiger charge is -2.28. The van der Waals surface area contributed by atoms with Crippen LogP contribution in [0.2, 0.25) is 0 Å². The molecule has 2 heterocycles. The Bertz CT molecular complexity index is 501. The highest BCUT2D eigenvalue weighted by Gasteiger charge is 2.38. The van der Waals surface area contributed by atoms with Gasteiger partial charge >= 0.3 is 0 Å². The van der Waals surface area contributed by atoms with Gasteiger partial charge < -0.3 is 15.1 Å². The first-order valence-corrected chi connectivity index (χ1v) is 7.92. The van der Waals surface area contributed by atoms with Crippen LogP contribution in [0, 0.1) is 0 Å². The molecule has 1 amide bonds. The molecule has 2 saturated heterocycles. The molecule has 4 heteroatoms. The zero-order valence-corrected chi connectivity index (χ0v) is 13.0. The van der Waals surface area contributed by atoms with E-state index >= 15 is 0 Å². The Morgan fingerprint density at radius 1 is 1.29 bits per heavy atom. The topological polar surface area (TPSA) is 35.6 Å². The van der Waals surface area contributed by atoms with E-state index in [0.29, 0.717) is 12.1 Å². The van der Waals surface area contributed by atoms with Crippen molar-refractivity contribution >= 4 is 5.91 Å². The molecule has 4 nitrogen and oxygen atoms in total. The number of benzene rings is 1. The summed E-state index contributed by atoms with van der Waals surface area (Å²) in [5.74, 6) is 0.215. The van der Waals surface area contributed by atoms with E-state index < -0.39 is 0 Å². The molecule has 2 bridgehead atoms. The standard InChI is InChI=1S/C17H25N3O/c1-19(2)12-13-4-3-5-14(10-13)17(21)20-15-6-7-16(20)11-18-9-8-15/h3-5,10,15-16,18H,6-9,11-12H2,1-2H3. The van der Waals surface area contributed by atoms with E-state index in [9.17, 15) is 4.79 Å². The van der Waals surface area contributed by atoms with Gasteiger partial charge in [-0.3, -0.25) is 4.79 Å². The van der Waals surface area contributed by atoms with Gasteiger partial charge in [0, 0.05) is 30.7 Å². The molecule has 0 radical (unpaired) electrons. The molecule has 0 spiro atoms. The first kappa shape index (κ1) is 14.5. The highest BCUT2D eigenvalue weighted by Crippen LogP contribution is 2.29. The summed E-state index contributed by atoms with van der Waals surface area (Å²) in [5, 5.41) is 3.45. The lowest BCUT2D eigenvalue weighted by molar-refractivity contribution is 0.0680. The van der Waals surface area contributed by atoms with Crippen molar-refractivity contribution in [2.24, 2.45) is 0 Å². The van der Waals surface area contributed by atoms with E-state index in [4.69, 9.17) is 0 Å². The third-order valence-electron chi connectivity index (χ3n) is 4.56. The van der Waals surface area contributed by atoms with E-state index in [0.717, 1.165) is 44.5 Å². The Kier molecular flexibility index (Phi) is 4.27. The Morgan fingerprint density at radius 2 is 2.10 bits per heavy atom. The number of rotatable bonds is 3. The molecular weight excluding hydrogens is 262 g/mol. The maximum Gasteiger partial charge on any atom is 0.254 e. The number of nitrogens with one attached hydrogen (secondary N) is 1. The van der Waals surface area contributed by atoms with Gasteiger partial charge in [-0.2, -0.15) is 0 Å². The maximum absolute atomic E-state index is 12.9. The average molecular weight is 287 g/mol. The van der Waals surface area contributed by atoms with Gasteiger partial charge in [0.2, 0.25) is 0 Å². The Labute approximate surface area is 127 Å². The summed E-state index contributed by atoms with van der Waals surface area (Å²) in [6, 6.07) is 8.91. The van der Waals surface area contributed by atoms with Crippen LogP contribution in [0.5, 0.6) is 0 Å². The highest BCUT2D eigenvalue weighted by atomic mass is 16.2. The fourth-order valence-corrected chi connectivity index (χ4v) is 3.63. The van der Waals surface area contributed by atoms with Crippen molar-refractivity contribution in [1.82, 2.24) is 15.1 Å². The van der Waals surface area contributed by atoms with Crippen LogP contribution in [0.4, 0.5) is 0 Å². The van der Waals surface area contributed by atoms with Gasteiger partial charge in [-0.1, -0.05) is 12.1 Å². The Morgan fingerprint density at radius 3 is 2.90 bits per heavy atom. The van der Waals surface area contributed by atoms with Crippen molar-refractivity contribution in [1.29, 1.82) is 0 Å². The quantitative estimate of drug-likeness (QED) is 0.919. The van der Waals surface area contributed by atoms with E-state index in [-0.39, 0.29) is 5.91 Å². The van der Waals surface area contributed by atoms with E-state index in [1.807, 2.05) is 12.1 Å². The number of hydrogen-bond donors (Lipinski definition) is 1. The normalized spacial score (nSPS) is 25.2. The number of carbonyl (C=O) groups excluding carboxylic acids is 1. The van der Waals surface area contributed by atoms with Crippen molar-refractivity contribution in [2.75, 3.05) is 27.2 Å². The summed E-state index contributed by atoms with van der Waals surface area (Å²) >= 11 is 0. The van der Waals surface area contributed by atoms with Crippen LogP contribution >= 0.6 is 0 Å². The second kappa shape index (κ2) is 6.16. The number of nitrogens with zero attached hydrogens (tertiary/aromatic N) is 2. The third kappa shape index (κ3) is 3.11. The molecule has 0 saturated carbocycles. The molecule has 0 aromatic heterocycles. The summed E-state index contributed by atoms with van der Waals surface area (Å²) < 4.78 is 0. The van der Waals surface area contributed by atoms with Crippen molar-refractivity contribution < 1.29 is 4.79 Å². The van der Waals surface area contributed by atoms with Gasteiger partial charge in [0.05, 0.1) is 0 Å². The number of fused-ring (bicyclic) bond motifs is 2. The minimum atomic E-state index is 0.215. The van der Waals surface area contributed by atoms with Gasteiger partial charge in [-0.05, 0) is 57.6 Å². The molecule has 3 rings (SSSR count). The van der Waals surface area contributed by atoms with Crippen molar-refractivity contribution in [3.8, 4) is 0 Å². The Hall–Kier alpha value is -1.39. The largest absolute Gasteiger partial charge is 0.331 e. The van der Waals surface area contributed by atoms with Crippen molar-refractivity contribution in [3.05, 3.63) is 35.4 Å². The molecule has 2 unspecified atom stereocenters. The molecule has 2 atom stereocenters. The fourth-order valence-electron chi connectivity index (χ4n) is 3.63. The van der Waals surface area contributed by atoms with E-state index in [1.54, 1.807) is 0 Å². The SMILES string of the molecule is CN(C)Cc1cccc(C(=O)N2C3CCNCC2CC3)c1. The number of carbonyl (C=O) groups is 1. The molecule has 0 aliphatic carbocycles. The maximum atomic E-state index is 12.9. The number of amides is 1. The summed E-state index contributed by atoms with van der Waals surface area (Å²) in [6.07, 6.45) is 3.38. The summed E-state index contributed by atoms with van der Waals surface area (Å²) in [6.45, 7) is 2.85. The average Bonchev–Trinajstić information content (AvgIpc) is 2.71. The zero-order chi connectivity index (χ0) is 14.8. The lowest BCUT2D eigenvalue weighted by atomic mass is 10.1.